The highest BCUT2D eigenvalue weighted by Gasteiger charge is 2.15. The average Bonchev–Trinajstić information content (AvgIpc) is 2.60. The number of carbonyl (C=O) groups excluding carboxylic acids is 2. The Bertz CT molecular complexity index is 525. The molecule has 3 amide bonds. The van der Waals surface area contributed by atoms with E-state index >= 15 is 0 Å². The summed E-state index contributed by atoms with van der Waals surface area (Å²) < 4.78 is 4.94. The van der Waals surface area contributed by atoms with Crippen molar-refractivity contribution in [3.63, 3.8) is 0 Å². The van der Waals surface area contributed by atoms with Crippen molar-refractivity contribution in [1.29, 1.82) is 0 Å². The molecule has 132 valence electrons. The maximum Gasteiger partial charge on any atom is 0.319 e. The van der Waals surface area contributed by atoms with Gasteiger partial charge in [-0.05, 0) is 43.5 Å². The SMILES string of the molecule is COCCCNC(=O)c1ccc(NC(=O)NC2CCCCC2)cc1. The Hall–Kier alpha value is -2.08. The van der Waals surface area contributed by atoms with E-state index in [1.807, 2.05) is 0 Å². The van der Waals surface area contributed by atoms with Crippen molar-refractivity contribution in [2.24, 2.45) is 0 Å². The molecule has 24 heavy (non-hydrogen) atoms. The molecule has 6 heteroatoms. The first-order valence-corrected chi connectivity index (χ1v) is 8.64. The van der Waals surface area contributed by atoms with Gasteiger partial charge in [0.2, 0.25) is 0 Å². The first kappa shape index (κ1) is 18.3. The van der Waals surface area contributed by atoms with Gasteiger partial charge >= 0.3 is 6.03 Å². The van der Waals surface area contributed by atoms with E-state index < -0.39 is 0 Å². The maximum atomic E-state index is 12.0. The highest BCUT2D eigenvalue weighted by molar-refractivity contribution is 5.95. The fourth-order valence-corrected chi connectivity index (χ4v) is 2.82. The summed E-state index contributed by atoms with van der Waals surface area (Å²) in [4.78, 5) is 23.9. The van der Waals surface area contributed by atoms with Crippen molar-refractivity contribution in [3.8, 4) is 0 Å². The minimum absolute atomic E-state index is 0.121. The molecular formula is C18H27N3O3. The molecule has 1 fully saturated rings. The largest absolute Gasteiger partial charge is 0.385 e. The summed E-state index contributed by atoms with van der Waals surface area (Å²) in [6.07, 6.45) is 6.50. The van der Waals surface area contributed by atoms with Crippen LogP contribution in [0.1, 0.15) is 48.9 Å². The van der Waals surface area contributed by atoms with Crippen LogP contribution in [0.25, 0.3) is 0 Å². The number of benzene rings is 1. The summed E-state index contributed by atoms with van der Waals surface area (Å²) in [5, 5.41) is 8.65. The standard InChI is InChI=1S/C18H27N3O3/c1-24-13-5-12-19-17(22)14-8-10-16(11-9-14)21-18(23)20-15-6-3-2-4-7-15/h8-11,15H,2-7,12-13H2,1H3,(H,19,22)(H2,20,21,23). The van der Waals surface area contributed by atoms with Crippen LogP contribution in [-0.2, 0) is 4.74 Å². The zero-order chi connectivity index (χ0) is 17.2. The number of anilines is 1. The lowest BCUT2D eigenvalue weighted by Gasteiger charge is -2.22. The van der Waals surface area contributed by atoms with Crippen LogP contribution in [0.2, 0.25) is 0 Å². The van der Waals surface area contributed by atoms with E-state index in [0.29, 0.717) is 24.4 Å². The topological polar surface area (TPSA) is 79.5 Å². The zero-order valence-corrected chi connectivity index (χ0v) is 14.3. The number of amides is 3. The number of ether oxygens (including phenoxy) is 1. The summed E-state index contributed by atoms with van der Waals surface area (Å²) in [6.45, 7) is 1.20. The number of nitrogens with one attached hydrogen (secondary N) is 3. The number of hydrogen-bond donors (Lipinski definition) is 3. The van der Waals surface area contributed by atoms with Crippen molar-refractivity contribution in [1.82, 2.24) is 10.6 Å². The van der Waals surface area contributed by atoms with Gasteiger partial charge in [0, 0.05) is 37.6 Å². The van der Waals surface area contributed by atoms with Crippen molar-refractivity contribution in [2.45, 2.75) is 44.6 Å². The fourth-order valence-electron chi connectivity index (χ4n) is 2.82. The Morgan fingerprint density at radius 1 is 1.12 bits per heavy atom. The summed E-state index contributed by atoms with van der Waals surface area (Å²) in [5.74, 6) is -0.121. The zero-order valence-electron chi connectivity index (χ0n) is 14.3. The molecule has 0 heterocycles. The number of carbonyl (C=O) groups is 2. The Labute approximate surface area is 143 Å². The van der Waals surface area contributed by atoms with E-state index in [9.17, 15) is 9.59 Å². The molecule has 0 unspecified atom stereocenters. The first-order valence-electron chi connectivity index (χ1n) is 8.64. The van der Waals surface area contributed by atoms with Gasteiger partial charge in [0.25, 0.3) is 5.91 Å². The predicted octanol–water partition coefficient (Wildman–Crippen LogP) is 2.91. The number of urea groups is 1. The molecule has 1 aromatic carbocycles. The predicted molar refractivity (Wildman–Crippen MR) is 94.3 cm³/mol. The molecule has 0 atom stereocenters. The Balaban J connectivity index is 1.76. The Morgan fingerprint density at radius 2 is 1.83 bits per heavy atom. The van der Waals surface area contributed by atoms with Crippen molar-refractivity contribution in [2.75, 3.05) is 25.6 Å². The number of rotatable bonds is 7. The minimum atomic E-state index is -0.182. The summed E-state index contributed by atoms with van der Waals surface area (Å²) in [5.41, 5.74) is 1.25. The molecular weight excluding hydrogens is 306 g/mol. The third-order valence-electron chi connectivity index (χ3n) is 4.16. The summed E-state index contributed by atoms with van der Waals surface area (Å²) in [7, 11) is 1.64. The van der Waals surface area contributed by atoms with Crippen LogP contribution >= 0.6 is 0 Å². The van der Waals surface area contributed by atoms with E-state index in [0.717, 1.165) is 19.3 Å². The molecule has 1 aliphatic rings. The molecule has 0 spiro atoms. The molecule has 3 N–H and O–H groups in total. The van der Waals surface area contributed by atoms with Crippen LogP contribution in [0.5, 0.6) is 0 Å². The first-order chi connectivity index (χ1) is 11.7. The van der Waals surface area contributed by atoms with Gasteiger partial charge in [0.05, 0.1) is 0 Å². The second kappa shape index (κ2) is 9.93. The molecule has 1 aromatic rings. The summed E-state index contributed by atoms with van der Waals surface area (Å²) >= 11 is 0. The second-order valence-electron chi connectivity index (χ2n) is 6.11. The van der Waals surface area contributed by atoms with Crippen molar-refractivity contribution >= 4 is 17.6 Å². The molecule has 0 radical (unpaired) electrons. The van der Waals surface area contributed by atoms with Crippen LogP contribution in [0, 0.1) is 0 Å². The Morgan fingerprint density at radius 3 is 2.50 bits per heavy atom. The van der Waals surface area contributed by atoms with Crippen LogP contribution in [0.4, 0.5) is 10.5 Å². The fraction of sp³-hybridized carbons (Fsp3) is 0.556. The number of hydrogen-bond acceptors (Lipinski definition) is 3. The molecule has 0 aromatic heterocycles. The molecule has 1 aliphatic carbocycles. The lowest BCUT2D eigenvalue weighted by atomic mass is 9.96. The van der Waals surface area contributed by atoms with Gasteiger partial charge in [0.15, 0.2) is 0 Å². The van der Waals surface area contributed by atoms with E-state index in [2.05, 4.69) is 16.0 Å². The lowest BCUT2D eigenvalue weighted by Crippen LogP contribution is -2.39. The third kappa shape index (κ3) is 6.20. The maximum absolute atomic E-state index is 12.0. The van der Waals surface area contributed by atoms with Gasteiger partial charge < -0.3 is 20.7 Å². The molecule has 2 rings (SSSR count). The van der Waals surface area contributed by atoms with Gasteiger partial charge in [-0.25, -0.2) is 4.79 Å². The average molecular weight is 333 g/mol. The molecule has 0 saturated heterocycles. The lowest BCUT2D eigenvalue weighted by molar-refractivity contribution is 0.0948. The van der Waals surface area contributed by atoms with Gasteiger partial charge in [-0.2, -0.15) is 0 Å². The van der Waals surface area contributed by atoms with Gasteiger partial charge in [-0.15, -0.1) is 0 Å². The normalized spacial score (nSPS) is 14.9. The highest BCUT2D eigenvalue weighted by atomic mass is 16.5. The number of methoxy groups -OCH3 is 1. The van der Waals surface area contributed by atoms with E-state index in [1.54, 1.807) is 31.4 Å². The van der Waals surface area contributed by atoms with E-state index in [4.69, 9.17) is 4.74 Å². The van der Waals surface area contributed by atoms with Gasteiger partial charge in [0.1, 0.15) is 0 Å². The van der Waals surface area contributed by atoms with Crippen LogP contribution in [0.15, 0.2) is 24.3 Å². The van der Waals surface area contributed by atoms with Gasteiger partial charge in [-0.1, -0.05) is 19.3 Å². The van der Waals surface area contributed by atoms with Crippen LogP contribution in [0.3, 0.4) is 0 Å². The van der Waals surface area contributed by atoms with Crippen LogP contribution < -0.4 is 16.0 Å². The molecule has 0 bridgehead atoms. The van der Waals surface area contributed by atoms with Crippen LogP contribution in [-0.4, -0.2) is 38.2 Å². The highest BCUT2D eigenvalue weighted by Crippen LogP contribution is 2.17. The van der Waals surface area contributed by atoms with E-state index in [1.165, 1.54) is 19.3 Å². The molecule has 6 nitrogen and oxygen atoms in total. The summed E-state index contributed by atoms with van der Waals surface area (Å²) in [6, 6.07) is 6.99. The second-order valence-corrected chi connectivity index (χ2v) is 6.11. The quantitative estimate of drug-likeness (QED) is 0.671. The Kier molecular flexibility index (Phi) is 7.55. The molecule has 1 saturated carbocycles. The third-order valence-corrected chi connectivity index (χ3v) is 4.16. The minimum Gasteiger partial charge on any atom is -0.385 e. The monoisotopic (exact) mass is 333 g/mol. The van der Waals surface area contributed by atoms with Crippen molar-refractivity contribution < 1.29 is 14.3 Å². The van der Waals surface area contributed by atoms with Gasteiger partial charge in [-0.3, -0.25) is 4.79 Å². The van der Waals surface area contributed by atoms with E-state index in [-0.39, 0.29) is 18.0 Å². The molecule has 0 aliphatic heterocycles. The van der Waals surface area contributed by atoms with Crippen molar-refractivity contribution in [3.05, 3.63) is 29.8 Å². The smallest absolute Gasteiger partial charge is 0.319 e.